The SMILES string of the molecule is CC(C)CNC(=O)N(CC(=O)O)c1cccc(Cl)c1. The van der Waals surface area contributed by atoms with Crippen molar-refractivity contribution in [2.24, 2.45) is 5.92 Å². The van der Waals surface area contributed by atoms with E-state index in [1.165, 1.54) is 0 Å². The summed E-state index contributed by atoms with van der Waals surface area (Å²) in [6.07, 6.45) is 0. The number of aliphatic carboxylic acids is 1. The molecule has 0 bridgehead atoms. The number of nitrogens with one attached hydrogen (secondary N) is 1. The predicted molar refractivity (Wildman–Crippen MR) is 74.7 cm³/mol. The van der Waals surface area contributed by atoms with Crippen LogP contribution in [-0.2, 0) is 4.79 Å². The highest BCUT2D eigenvalue weighted by Crippen LogP contribution is 2.19. The molecule has 104 valence electrons. The number of rotatable bonds is 5. The highest BCUT2D eigenvalue weighted by Gasteiger charge is 2.18. The van der Waals surface area contributed by atoms with E-state index in [9.17, 15) is 9.59 Å². The maximum atomic E-state index is 12.0. The third-order valence-electron chi connectivity index (χ3n) is 2.32. The summed E-state index contributed by atoms with van der Waals surface area (Å²) in [5.41, 5.74) is 0.455. The molecule has 0 atom stereocenters. The van der Waals surface area contributed by atoms with Crippen LogP contribution in [0.2, 0.25) is 5.02 Å². The molecule has 0 aliphatic heterocycles. The van der Waals surface area contributed by atoms with Crippen molar-refractivity contribution in [3.8, 4) is 0 Å². The van der Waals surface area contributed by atoms with Gasteiger partial charge in [-0.1, -0.05) is 31.5 Å². The van der Waals surface area contributed by atoms with Crippen LogP contribution < -0.4 is 10.2 Å². The second-order valence-corrected chi connectivity index (χ2v) is 4.98. The first-order chi connectivity index (χ1) is 8.90. The van der Waals surface area contributed by atoms with E-state index in [-0.39, 0.29) is 5.92 Å². The fraction of sp³-hybridized carbons (Fsp3) is 0.385. The molecule has 6 heteroatoms. The van der Waals surface area contributed by atoms with E-state index < -0.39 is 18.5 Å². The minimum Gasteiger partial charge on any atom is -0.480 e. The number of carboxylic acids is 1. The standard InChI is InChI=1S/C13H17ClN2O3/c1-9(2)7-15-13(19)16(8-12(17)18)11-5-3-4-10(14)6-11/h3-6,9H,7-8H2,1-2H3,(H,15,19)(H,17,18). The molecule has 0 saturated heterocycles. The van der Waals surface area contributed by atoms with Crippen molar-refractivity contribution in [3.63, 3.8) is 0 Å². The lowest BCUT2D eigenvalue weighted by Gasteiger charge is -2.22. The fourth-order valence-electron chi connectivity index (χ4n) is 1.45. The number of halogens is 1. The molecule has 0 unspecified atom stereocenters. The zero-order chi connectivity index (χ0) is 14.4. The van der Waals surface area contributed by atoms with Crippen LogP contribution in [0.3, 0.4) is 0 Å². The van der Waals surface area contributed by atoms with Gasteiger partial charge in [0.15, 0.2) is 0 Å². The Morgan fingerprint density at radius 1 is 1.42 bits per heavy atom. The molecule has 5 nitrogen and oxygen atoms in total. The number of carbonyl (C=O) groups is 2. The van der Waals surface area contributed by atoms with E-state index in [0.29, 0.717) is 17.3 Å². The molecule has 0 fully saturated rings. The Hall–Kier alpha value is -1.75. The summed E-state index contributed by atoms with van der Waals surface area (Å²) in [5.74, 6) is -0.797. The smallest absolute Gasteiger partial charge is 0.323 e. The lowest BCUT2D eigenvalue weighted by atomic mass is 10.2. The van der Waals surface area contributed by atoms with E-state index >= 15 is 0 Å². The molecule has 1 rings (SSSR count). The van der Waals surface area contributed by atoms with Crippen LogP contribution in [0, 0.1) is 5.92 Å². The summed E-state index contributed by atoms with van der Waals surface area (Å²) < 4.78 is 0. The van der Waals surface area contributed by atoms with Gasteiger partial charge in [-0.15, -0.1) is 0 Å². The van der Waals surface area contributed by atoms with E-state index in [1.807, 2.05) is 13.8 Å². The molecular formula is C13H17ClN2O3. The monoisotopic (exact) mass is 284 g/mol. The first-order valence-corrected chi connectivity index (χ1v) is 6.30. The number of amides is 2. The van der Waals surface area contributed by atoms with Crippen molar-refractivity contribution >= 4 is 29.3 Å². The van der Waals surface area contributed by atoms with Crippen LogP contribution in [0.25, 0.3) is 0 Å². The van der Waals surface area contributed by atoms with Gasteiger partial charge in [-0.3, -0.25) is 9.69 Å². The van der Waals surface area contributed by atoms with Crippen LogP contribution >= 0.6 is 11.6 Å². The minimum atomic E-state index is -1.08. The Labute approximate surface area is 117 Å². The third-order valence-corrected chi connectivity index (χ3v) is 2.56. The van der Waals surface area contributed by atoms with Crippen molar-refractivity contribution in [3.05, 3.63) is 29.3 Å². The number of hydrogen-bond donors (Lipinski definition) is 2. The zero-order valence-corrected chi connectivity index (χ0v) is 11.6. The van der Waals surface area contributed by atoms with Crippen molar-refractivity contribution in [2.45, 2.75) is 13.8 Å². The van der Waals surface area contributed by atoms with E-state index in [1.54, 1.807) is 24.3 Å². The first kappa shape index (κ1) is 15.3. The number of nitrogens with zero attached hydrogens (tertiary/aromatic N) is 1. The normalized spacial score (nSPS) is 10.3. The number of benzene rings is 1. The van der Waals surface area contributed by atoms with Crippen molar-refractivity contribution < 1.29 is 14.7 Å². The average molecular weight is 285 g/mol. The van der Waals surface area contributed by atoms with Gasteiger partial charge >= 0.3 is 12.0 Å². The van der Waals surface area contributed by atoms with Gasteiger partial charge in [0.25, 0.3) is 0 Å². The van der Waals surface area contributed by atoms with Crippen LogP contribution in [0.1, 0.15) is 13.8 Å². The molecule has 1 aromatic rings. The molecule has 2 N–H and O–H groups in total. The second-order valence-electron chi connectivity index (χ2n) is 4.54. The Bertz CT molecular complexity index is 463. The number of anilines is 1. The van der Waals surface area contributed by atoms with Crippen LogP contribution in [-0.4, -0.2) is 30.2 Å². The number of urea groups is 1. The quantitative estimate of drug-likeness (QED) is 0.873. The predicted octanol–water partition coefficient (Wildman–Crippen LogP) is 2.60. The summed E-state index contributed by atoms with van der Waals surface area (Å²) >= 11 is 5.85. The highest BCUT2D eigenvalue weighted by molar-refractivity contribution is 6.30. The summed E-state index contributed by atoms with van der Waals surface area (Å²) in [4.78, 5) is 24.0. The summed E-state index contributed by atoms with van der Waals surface area (Å²) in [5, 5.41) is 12.0. The Morgan fingerprint density at radius 3 is 2.63 bits per heavy atom. The van der Waals surface area contributed by atoms with Gasteiger partial charge in [0.05, 0.1) is 0 Å². The number of carboxylic acid groups (broad SMARTS) is 1. The lowest BCUT2D eigenvalue weighted by Crippen LogP contribution is -2.44. The van der Waals surface area contributed by atoms with Gasteiger partial charge in [-0.05, 0) is 24.1 Å². The summed E-state index contributed by atoms with van der Waals surface area (Å²) in [6.45, 7) is 3.99. The van der Waals surface area contributed by atoms with Gasteiger partial charge in [-0.2, -0.15) is 0 Å². The highest BCUT2D eigenvalue weighted by atomic mass is 35.5. The molecular weight excluding hydrogens is 268 g/mol. The Balaban J connectivity index is 2.88. The fourth-order valence-corrected chi connectivity index (χ4v) is 1.63. The van der Waals surface area contributed by atoms with Gasteiger partial charge < -0.3 is 10.4 Å². The maximum Gasteiger partial charge on any atom is 0.323 e. The van der Waals surface area contributed by atoms with Gasteiger partial charge in [-0.25, -0.2) is 4.79 Å². The summed E-state index contributed by atoms with van der Waals surface area (Å²) in [7, 11) is 0. The average Bonchev–Trinajstić information content (AvgIpc) is 2.32. The maximum absolute atomic E-state index is 12.0. The lowest BCUT2D eigenvalue weighted by molar-refractivity contribution is -0.135. The molecule has 0 radical (unpaired) electrons. The molecule has 0 aliphatic rings. The Kier molecular flexibility index (Phi) is 5.63. The number of carbonyl (C=O) groups excluding carboxylic acids is 1. The van der Waals surface area contributed by atoms with Crippen molar-refractivity contribution in [1.29, 1.82) is 0 Å². The van der Waals surface area contributed by atoms with E-state index in [4.69, 9.17) is 16.7 Å². The third kappa shape index (κ3) is 5.18. The van der Waals surface area contributed by atoms with Gasteiger partial charge in [0.2, 0.25) is 0 Å². The molecule has 0 aromatic heterocycles. The van der Waals surface area contributed by atoms with Gasteiger partial charge in [0, 0.05) is 17.3 Å². The number of hydrogen-bond acceptors (Lipinski definition) is 2. The van der Waals surface area contributed by atoms with Gasteiger partial charge in [0.1, 0.15) is 6.54 Å². The first-order valence-electron chi connectivity index (χ1n) is 5.93. The topological polar surface area (TPSA) is 69.6 Å². The molecule has 1 aromatic carbocycles. The van der Waals surface area contributed by atoms with E-state index in [0.717, 1.165) is 4.90 Å². The summed E-state index contributed by atoms with van der Waals surface area (Å²) in [6, 6.07) is 6.08. The van der Waals surface area contributed by atoms with Crippen molar-refractivity contribution in [1.82, 2.24) is 5.32 Å². The van der Waals surface area contributed by atoms with E-state index in [2.05, 4.69) is 5.32 Å². The second kappa shape index (κ2) is 6.99. The molecule has 0 heterocycles. The molecule has 0 aliphatic carbocycles. The van der Waals surface area contributed by atoms with Crippen LogP contribution in [0.15, 0.2) is 24.3 Å². The van der Waals surface area contributed by atoms with Crippen LogP contribution in [0.5, 0.6) is 0 Å². The molecule has 0 saturated carbocycles. The van der Waals surface area contributed by atoms with Crippen molar-refractivity contribution in [2.75, 3.05) is 18.0 Å². The minimum absolute atomic E-state index is 0.287. The Morgan fingerprint density at radius 2 is 2.11 bits per heavy atom. The van der Waals surface area contributed by atoms with Crippen LogP contribution in [0.4, 0.5) is 10.5 Å². The zero-order valence-electron chi connectivity index (χ0n) is 10.9. The molecule has 2 amide bonds. The largest absolute Gasteiger partial charge is 0.480 e. The molecule has 19 heavy (non-hydrogen) atoms. The molecule has 0 spiro atoms.